The summed E-state index contributed by atoms with van der Waals surface area (Å²) in [6.07, 6.45) is 2.00. The van der Waals surface area contributed by atoms with Gasteiger partial charge in [0.25, 0.3) is 15.9 Å². The molecule has 1 aliphatic carbocycles. The number of rotatable bonds is 8. The molecule has 0 saturated heterocycles. The molecule has 202 valence electrons. The SMILES string of the molecule is CCC1=C(C)CN(NC(=O)CCc2ccc(S(=O)(=O)NC(=O)N(C(=O)O)C3CCC(C)CC3)cc2)C1=O. The van der Waals surface area contributed by atoms with Crippen LogP contribution in [0.15, 0.2) is 40.3 Å². The minimum absolute atomic E-state index is 0.0840. The number of benzene rings is 1. The van der Waals surface area contributed by atoms with Gasteiger partial charge in [0.05, 0.1) is 11.4 Å². The lowest BCUT2D eigenvalue weighted by molar-refractivity contribution is -0.137. The molecule has 37 heavy (non-hydrogen) atoms. The lowest BCUT2D eigenvalue weighted by Crippen LogP contribution is -2.51. The Labute approximate surface area is 216 Å². The number of carboxylic acid groups (broad SMARTS) is 1. The number of nitrogens with one attached hydrogen (secondary N) is 2. The number of sulfonamides is 1. The first kappa shape index (κ1) is 28.2. The average Bonchev–Trinajstić information content (AvgIpc) is 3.10. The predicted octanol–water partition coefficient (Wildman–Crippen LogP) is 3.18. The highest BCUT2D eigenvalue weighted by Gasteiger charge is 2.34. The highest BCUT2D eigenvalue weighted by Crippen LogP contribution is 2.27. The fourth-order valence-electron chi connectivity index (χ4n) is 4.73. The van der Waals surface area contributed by atoms with Gasteiger partial charge in [-0.1, -0.05) is 26.0 Å². The van der Waals surface area contributed by atoms with Crippen molar-refractivity contribution < 1.29 is 32.7 Å². The second-order valence-corrected chi connectivity index (χ2v) is 11.3. The number of carbonyl (C=O) groups excluding carboxylic acids is 3. The molecule has 5 amide bonds. The molecule has 0 aromatic heterocycles. The van der Waals surface area contributed by atoms with Crippen molar-refractivity contribution in [2.45, 2.75) is 76.7 Å². The Balaban J connectivity index is 1.55. The van der Waals surface area contributed by atoms with Crippen molar-refractivity contribution >= 4 is 34.0 Å². The van der Waals surface area contributed by atoms with Gasteiger partial charge in [-0.15, -0.1) is 0 Å². The quantitative estimate of drug-likeness (QED) is 0.463. The van der Waals surface area contributed by atoms with Gasteiger partial charge in [0.2, 0.25) is 5.91 Å². The zero-order chi connectivity index (χ0) is 27.3. The van der Waals surface area contributed by atoms with Crippen LogP contribution in [0.25, 0.3) is 0 Å². The summed E-state index contributed by atoms with van der Waals surface area (Å²) in [7, 11) is -4.30. The number of amides is 5. The van der Waals surface area contributed by atoms with Crippen LogP contribution in [-0.4, -0.2) is 60.0 Å². The third-order valence-corrected chi connectivity index (χ3v) is 8.23. The van der Waals surface area contributed by atoms with Gasteiger partial charge in [-0.05, 0) is 74.6 Å². The molecule has 1 heterocycles. The second-order valence-electron chi connectivity index (χ2n) is 9.66. The lowest BCUT2D eigenvalue weighted by atomic mass is 9.87. The molecule has 1 fully saturated rings. The molecule has 3 N–H and O–H groups in total. The molecule has 0 bridgehead atoms. The molecule has 1 aromatic carbocycles. The van der Waals surface area contributed by atoms with Crippen LogP contribution < -0.4 is 10.1 Å². The first-order chi connectivity index (χ1) is 17.4. The van der Waals surface area contributed by atoms with E-state index in [0.29, 0.717) is 54.2 Å². The summed E-state index contributed by atoms with van der Waals surface area (Å²) in [5.41, 5.74) is 4.91. The van der Waals surface area contributed by atoms with E-state index in [9.17, 15) is 32.7 Å². The van der Waals surface area contributed by atoms with Crippen molar-refractivity contribution in [2.75, 3.05) is 6.54 Å². The lowest BCUT2D eigenvalue weighted by Gasteiger charge is -2.32. The van der Waals surface area contributed by atoms with Gasteiger partial charge in [-0.2, -0.15) is 0 Å². The number of hydrazine groups is 1. The normalized spacial score (nSPS) is 20.1. The zero-order valence-corrected chi connectivity index (χ0v) is 22.1. The average molecular weight is 535 g/mol. The van der Waals surface area contributed by atoms with Crippen LogP contribution >= 0.6 is 0 Å². The Kier molecular flexibility index (Phi) is 8.95. The van der Waals surface area contributed by atoms with Crippen LogP contribution in [0.4, 0.5) is 9.59 Å². The van der Waals surface area contributed by atoms with E-state index in [-0.39, 0.29) is 23.1 Å². The molecule has 0 atom stereocenters. The molecule has 1 aliphatic heterocycles. The van der Waals surface area contributed by atoms with Crippen molar-refractivity contribution in [2.24, 2.45) is 5.92 Å². The van der Waals surface area contributed by atoms with Gasteiger partial charge in [0, 0.05) is 18.0 Å². The maximum atomic E-state index is 12.7. The first-order valence-electron chi connectivity index (χ1n) is 12.4. The Bertz CT molecular complexity index is 1190. The monoisotopic (exact) mass is 534 g/mol. The van der Waals surface area contributed by atoms with E-state index >= 15 is 0 Å². The molecule has 3 rings (SSSR count). The van der Waals surface area contributed by atoms with Gasteiger partial charge < -0.3 is 5.11 Å². The predicted molar refractivity (Wildman–Crippen MR) is 135 cm³/mol. The molecule has 11 nitrogen and oxygen atoms in total. The Hall–Kier alpha value is -3.41. The third kappa shape index (κ3) is 6.88. The third-order valence-electron chi connectivity index (χ3n) is 6.90. The van der Waals surface area contributed by atoms with Crippen molar-refractivity contribution in [3.63, 3.8) is 0 Å². The molecular weight excluding hydrogens is 500 g/mol. The van der Waals surface area contributed by atoms with Crippen molar-refractivity contribution in [1.82, 2.24) is 20.1 Å². The summed E-state index contributed by atoms with van der Waals surface area (Å²) in [5, 5.41) is 10.8. The zero-order valence-electron chi connectivity index (χ0n) is 21.3. The van der Waals surface area contributed by atoms with Crippen molar-refractivity contribution in [1.29, 1.82) is 0 Å². The van der Waals surface area contributed by atoms with Gasteiger partial charge in [0.15, 0.2) is 0 Å². The smallest absolute Gasteiger partial charge is 0.415 e. The molecule has 0 radical (unpaired) electrons. The van der Waals surface area contributed by atoms with Crippen LogP contribution in [-0.2, 0) is 26.0 Å². The minimum Gasteiger partial charge on any atom is -0.465 e. The largest absolute Gasteiger partial charge is 0.465 e. The van der Waals surface area contributed by atoms with E-state index in [1.165, 1.54) is 29.3 Å². The van der Waals surface area contributed by atoms with E-state index in [0.717, 1.165) is 18.4 Å². The Morgan fingerprint density at radius 3 is 2.27 bits per heavy atom. The summed E-state index contributed by atoms with van der Waals surface area (Å²) in [6.45, 7) is 6.15. The van der Waals surface area contributed by atoms with E-state index in [4.69, 9.17) is 0 Å². The molecule has 12 heteroatoms. The fourth-order valence-corrected chi connectivity index (χ4v) is 5.67. The van der Waals surface area contributed by atoms with E-state index in [1.54, 1.807) is 0 Å². The van der Waals surface area contributed by atoms with Crippen LogP contribution in [0.3, 0.4) is 0 Å². The molecule has 0 spiro atoms. The van der Waals surface area contributed by atoms with Gasteiger partial charge in [0.1, 0.15) is 0 Å². The van der Waals surface area contributed by atoms with Crippen LogP contribution in [0, 0.1) is 5.92 Å². The first-order valence-corrected chi connectivity index (χ1v) is 13.9. The minimum atomic E-state index is -4.30. The Morgan fingerprint density at radius 2 is 1.73 bits per heavy atom. The number of urea groups is 1. The number of hydrogen-bond acceptors (Lipinski definition) is 6. The molecule has 1 saturated carbocycles. The van der Waals surface area contributed by atoms with Gasteiger partial charge in [-0.3, -0.25) is 15.0 Å². The summed E-state index contributed by atoms with van der Waals surface area (Å²) >= 11 is 0. The van der Waals surface area contributed by atoms with Crippen molar-refractivity contribution in [3.8, 4) is 0 Å². The number of carbonyl (C=O) groups is 4. The summed E-state index contributed by atoms with van der Waals surface area (Å²) in [6, 6.07) is 3.86. The second kappa shape index (κ2) is 11.8. The maximum Gasteiger partial charge on any atom is 0.415 e. The van der Waals surface area contributed by atoms with Crippen molar-refractivity contribution in [3.05, 3.63) is 41.0 Å². The number of aryl methyl sites for hydroxylation is 1. The molecule has 2 aliphatic rings. The highest BCUT2D eigenvalue weighted by molar-refractivity contribution is 7.90. The van der Waals surface area contributed by atoms with Crippen LogP contribution in [0.5, 0.6) is 0 Å². The summed E-state index contributed by atoms with van der Waals surface area (Å²) in [5.74, 6) is -0.112. The molecule has 1 aromatic rings. The van der Waals surface area contributed by atoms with Crippen LogP contribution in [0.1, 0.15) is 64.9 Å². The number of imide groups is 1. The standard InChI is InChI=1S/C25H34N4O7S/c1-4-21-17(3)15-28(23(21)31)26-22(30)14-9-18-7-12-20(13-8-18)37(35,36)27-24(32)29(25(33)34)19-10-5-16(2)6-11-19/h7-8,12-13,16,19H,4-6,9-11,14-15H2,1-3H3,(H,26,30)(H,27,32)(H,33,34). The molecular formula is C25H34N4O7S. The van der Waals surface area contributed by atoms with Crippen LogP contribution in [0.2, 0.25) is 0 Å². The molecule has 0 unspecified atom stereocenters. The highest BCUT2D eigenvalue weighted by atomic mass is 32.2. The maximum absolute atomic E-state index is 12.7. The fraction of sp³-hybridized carbons (Fsp3) is 0.520. The Morgan fingerprint density at radius 1 is 1.11 bits per heavy atom. The van der Waals surface area contributed by atoms with Gasteiger partial charge in [-0.25, -0.2) is 32.6 Å². The summed E-state index contributed by atoms with van der Waals surface area (Å²) < 4.78 is 27.3. The van der Waals surface area contributed by atoms with E-state index < -0.39 is 28.2 Å². The van der Waals surface area contributed by atoms with E-state index in [2.05, 4.69) is 12.3 Å². The number of nitrogens with zero attached hydrogens (tertiary/aromatic N) is 2. The number of hydrogen-bond donors (Lipinski definition) is 3. The van der Waals surface area contributed by atoms with Gasteiger partial charge >= 0.3 is 12.1 Å². The summed E-state index contributed by atoms with van der Waals surface area (Å²) in [4.78, 5) is 49.3. The topological polar surface area (TPSA) is 153 Å². The van der Waals surface area contributed by atoms with E-state index in [1.807, 2.05) is 18.6 Å².